The van der Waals surface area contributed by atoms with E-state index in [2.05, 4.69) is 41.8 Å². The lowest BCUT2D eigenvalue weighted by Crippen LogP contribution is -1.98. The van der Waals surface area contributed by atoms with Crippen molar-refractivity contribution in [2.24, 2.45) is 0 Å². The SMILES string of the molecule is O=[N+]([O-])c1c(Sc2ccccc2Br)ncnc1Sc1ccccc1Br. The summed E-state index contributed by atoms with van der Waals surface area (Å²) in [5.41, 5.74) is -0.0935. The van der Waals surface area contributed by atoms with E-state index >= 15 is 0 Å². The third-order valence-corrected chi connectivity index (χ3v) is 7.07. The van der Waals surface area contributed by atoms with Gasteiger partial charge in [0.1, 0.15) is 6.33 Å². The summed E-state index contributed by atoms with van der Waals surface area (Å²) < 4.78 is 1.71. The molecule has 0 bridgehead atoms. The van der Waals surface area contributed by atoms with E-state index in [0.717, 1.165) is 18.7 Å². The Morgan fingerprint density at radius 1 is 0.840 bits per heavy atom. The van der Waals surface area contributed by atoms with Gasteiger partial charge in [0.25, 0.3) is 0 Å². The summed E-state index contributed by atoms with van der Waals surface area (Å²) in [4.78, 5) is 21.2. The van der Waals surface area contributed by atoms with Crippen LogP contribution < -0.4 is 0 Å². The maximum absolute atomic E-state index is 11.7. The Labute approximate surface area is 169 Å². The van der Waals surface area contributed by atoms with Crippen LogP contribution >= 0.6 is 55.4 Å². The van der Waals surface area contributed by atoms with Gasteiger partial charge in [0.15, 0.2) is 10.1 Å². The van der Waals surface area contributed by atoms with Crippen LogP contribution in [-0.4, -0.2) is 14.9 Å². The summed E-state index contributed by atoms with van der Waals surface area (Å²) >= 11 is 9.37. The molecule has 0 aliphatic heterocycles. The van der Waals surface area contributed by atoms with Gasteiger partial charge < -0.3 is 0 Å². The summed E-state index contributed by atoms with van der Waals surface area (Å²) in [7, 11) is 0. The van der Waals surface area contributed by atoms with Crippen LogP contribution in [0.1, 0.15) is 0 Å². The highest BCUT2D eigenvalue weighted by molar-refractivity contribution is 9.10. The van der Waals surface area contributed by atoms with E-state index < -0.39 is 4.92 Å². The van der Waals surface area contributed by atoms with Crippen molar-refractivity contribution in [1.29, 1.82) is 0 Å². The number of nitrogens with zero attached hydrogens (tertiary/aromatic N) is 3. The Morgan fingerprint density at radius 2 is 1.28 bits per heavy atom. The molecule has 0 saturated heterocycles. The second-order valence-corrected chi connectivity index (χ2v) is 8.42. The number of halogens is 2. The Morgan fingerprint density at radius 3 is 1.68 bits per heavy atom. The van der Waals surface area contributed by atoms with Crippen LogP contribution in [0.4, 0.5) is 5.69 Å². The van der Waals surface area contributed by atoms with Crippen LogP contribution in [-0.2, 0) is 0 Å². The number of hydrogen-bond acceptors (Lipinski definition) is 6. The fraction of sp³-hybridized carbons (Fsp3) is 0. The number of hydrogen-bond donors (Lipinski definition) is 0. The van der Waals surface area contributed by atoms with Crippen LogP contribution in [0.5, 0.6) is 0 Å². The smallest absolute Gasteiger partial charge is 0.258 e. The predicted octanol–water partition coefficient (Wildman–Crippen LogP) is 6.21. The zero-order chi connectivity index (χ0) is 17.8. The predicted molar refractivity (Wildman–Crippen MR) is 105 cm³/mol. The molecule has 0 saturated carbocycles. The molecule has 0 aliphatic carbocycles. The number of aromatic nitrogens is 2. The maximum Gasteiger partial charge on any atom is 0.333 e. The zero-order valence-corrected chi connectivity index (χ0v) is 17.2. The molecule has 3 rings (SSSR count). The average Bonchev–Trinajstić information content (AvgIpc) is 2.59. The molecule has 0 radical (unpaired) electrons. The second-order valence-electron chi connectivity index (χ2n) is 4.65. The van der Waals surface area contributed by atoms with Crippen LogP contribution in [0.25, 0.3) is 0 Å². The van der Waals surface area contributed by atoms with E-state index in [0.29, 0.717) is 10.1 Å². The van der Waals surface area contributed by atoms with Crippen molar-refractivity contribution in [3.8, 4) is 0 Å². The highest BCUT2D eigenvalue weighted by Gasteiger charge is 2.25. The van der Waals surface area contributed by atoms with Crippen molar-refractivity contribution in [1.82, 2.24) is 9.97 Å². The number of benzene rings is 2. The highest BCUT2D eigenvalue weighted by atomic mass is 79.9. The van der Waals surface area contributed by atoms with Crippen molar-refractivity contribution >= 4 is 61.1 Å². The summed E-state index contributed by atoms with van der Waals surface area (Å²) in [6, 6.07) is 15.0. The van der Waals surface area contributed by atoms with Gasteiger partial charge in [-0.25, -0.2) is 9.97 Å². The largest absolute Gasteiger partial charge is 0.333 e. The highest BCUT2D eigenvalue weighted by Crippen LogP contribution is 2.43. The lowest BCUT2D eigenvalue weighted by Gasteiger charge is -2.07. The molecule has 25 heavy (non-hydrogen) atoms. The van der Waals surface area contributed by atoms with Gasteiger partial charge in [-0.1, -0.05) is 47.8 Å². The first-order valence-corrected chi connectivity index (χ1v) is 10.1. The van der Waals surface area contributed by atoms with E-state index in [9.17, 15) is 10.1 Å². The van der Waals surface area contributed by atoms with E-state index in [-0.39, 0.29) is 5.69 Å². The average molecular weight is 499 g/mol. The van der Waals surface area contributed by atoms with Gasteiger partial charge in [-0.15, -0.1) is 0 Å². The quantitative estimate of drug-likeness (QED) is 0.236. The molecule has 9 heteroatoms. The summed E-state index contributed by atoms with van der Waals surface area (Å²) in [5.74, 6) is 0. The molecule has 0 N–H and O–H groups in total. The van der Waals surface area contributed by atoms with Crippen molar-refractivity contribution in [3.05, 3.63) is 73.9 Å². The molecule has 0 fully saturated rings. The molecule has 0 amide bonds. The van der Waals surface area contributed by atoms with E-state index in [1.54, 1.807) is 0 Å². The van der Waals surface area contributed by atoms with E-state index in [4.69, 9.17) is 0 Å². The Kier molecular flexibility index (Phi) is 6.10. The van der Waals surface area contributed by atoms with Gasteiger partial charge in [-0.2, -0.15) is 0 Å². The van der Waals surface area contributed by atoms with Gasteiger partial charge in [0.05, 0.1) is 4.92 Å². The van der Waals surface area contributed by atoms with Crippen LogP contribution in [0.15, 0.2) is 83.6 Å². The normalized spacial score (nSPS) is 10.6. The van der Waals surface area contributed by atoms with Gasteiger partial charge in [0.2, 0.25) is 0 Å². The van der Waals surface area contributed by atoms with E-state index in [1.165, 1.54) is 29.9 Å². The molecule has 2 aromatic carbocycles. The third kappa shape index (κ3) is 4.41. The zero-order valence-electron chi connectivity index (χ0n) is 12.4. The Bertz CT molecular complexity index is 875. The minimum atomic E-state index is -0.432. The third-order valence-electron chi connectivity index (χ3n) is 3.02. The van der Waals surface area contributed by atoms with Crippen LogP contribution in [0, 0.1) is 10.1 Å². The first-order chi connectivity index (χ1) is 12.1. The monoisotopic (exact) mass is 497 g/mol. The fourth-order valence-corrected chi connectivity index (χ4v) is 4.81. The number of nitro groups is 1. The lowest BCUT2D eigenvalue weighted by molar-refractivity contribution is -0.391. The first-order valence-electron chi connectivity index (χ1n) is 6.90. The van der Waals surface area contributed by atoms with Crippen molar-refractivity contribution in [2.75, 3.05) is 0 Å². The van der Waals surface area contributed by atoms with Crippen molar-refractivity contribution in [2.45, 2.75) is 19.8 Å². The molecular formula is C16H9Br2N3O2S2. The van der Waals surface area contributed by atoms with Crippen molar-refractivity contribution in [3.63, 3.8) is 0 Å². The lowest BCUT2D eigenvalue weighted by atomic mass is 10.4. The van der Waals surface area contributed by atoms with Crippen LogP contribution in [0.2, 0.25) is 0 Å². The first kappa shape index (κ1) is 18.4. The van der Waals surface area contributed by atoms with Gasteiger partial charge >= 0.3 is 5.69 Å². The minimum absolute atomic E-state index is 0.0935. The van der Waals surface area contributed by atoms with Gasteiger partial charge in [0, 0.05) is 18.7 Å². The molecule has 0 atom stereocenters. The van der Waals surface area contributed by atoms with Crippen LogP contribution in [0.3, 0.4) is 0 Å². The number of rotatable bonds is 5. The standard InChI is InChI=1S/C16H9Br2N3O2S2/c17-10-5-1-3-7-12(10)24-15-14(21(22)23)16(20-9-19-15)25-13-8-4-2-6-11(13)18/h1-9H. The molecule has 126 valence electrons. The molecule has 1 aromatic heterocycles. The molecular weight excluding hydrogens is 490 g/mol. The maximum atomic E-state index is 11.7. The van der Waals surface area contributed by atoms with Gasteiger partial charge in [-0.3, -0.25) is 10.1 Å². The van der Waals surface area contributed by atoms with E-state index in [1.807, 2.05) is 48.5 Å². The van der Waals surface area contributed by atoms with Crippen molar-refractivity contribution < 1.29 is 4.92 Å². The molecule has 0 aliphatic rings. The fourth-order valence-electron chi connectivity index (χ4n) is 1.92. The minimum Gasteiger partial charge on any atom is -0.258 e. The summed E-state index contributed by atoms with van der Waals surface area (Å²) in [6.45, 7) is 0. The Hall–Kier alpha value is -1.42. The second kappa shape index (κ2) is 8.31. The molecule has 0 spiro atoms. The molecule has 5 nitrogen and oxygen atoms in total. The summed E-state index contributed by atoms with van der Waals surface area (Å²) in [6.07, 6.45) is 1.35. The Balaban J connectivity index is 2.02. The topological polar surface area (TPSA) is 68.9 Å². The summed E-state index contributed by atoms with van der Waals surface area (Å²) in [5, 5.41) is 12.3. The molecule has 0 unspecified atom stereocenters. The van der Waals surface area contributed by atoms with Gasteiger partial charge in [-0.05, 0) is 56.1 Å². The molecule has 1 heterocycles. The molecule has 3 aromatic rings.